The molecule has 0 saturated carbocycles. The first-order valence-electron chi connectivity index (χ1n) is 11.4. The third kappa shape index (κ3) is 11.1. The monoisotopic (exact) mass is 418 g/mol. The molecule has 0 aromatic heterocycles. The molecule has 1 rings (SSSR count). The summed E-state index contributed by atoms with van der Waals surface area (Å²) in [6, 6.07) is 0. The van der Waals surface area contributed by atoms with Gasteiger partial charge in [0.05, 0.1) is 13.2 Å². The van der Waals surface area contributed by atoms with Gasteiger partial charge in [0, 0.05) is 6.42 Å². The molecule has 0 aliphatic carbocycles. The third-order valence-electron chi connectivity index (χ3n) is 5.50. The molecule has 0 amide bonds. The quantitative estimate of drug-likeness (QED) is 0.241. The van der Waals surface area contributed by atoms with Crippen LogP contribution in [0.2, 0.25) is 0 Å². The normalized spacial score (nSPS) is 23.1. The molecule has 0 unspecified atom stereocenters. The van der Waals surface area contributed by atoms with Gasteiger partial charge in [-0.1, -0.05) is 84.0 Å². The Bertz CT molecular complexity index is 393. The van der Waals surface area contributed by atoms with Gasteiger partial charge in [-0.3, -0.25) is 0 Å². The number of rotatable bonds is 17. The molecule has 6 heteroatoms. The van der Waals surface area contributed by atoms with Crippen LogP contribution in [0, 0.1) is 0 Å². The Balaban J connectivity index is 1.95. The van der Waals surface area contributed by atoms with Crippen LogP contribution in [0.5, 0.6) is 0 Å². The van der Waals surface area contributed by atoms with Crippen molar-refractivity contribution in [1.29, 1.82) is 0 Å². The molecule has 4 atom stereocenters. The van der Waals surface area contributed by atoms with E-state index in [4.69, 9.17) is 21.7 Å². The van der Waals surface area contributed by atoms with Crippen LogP contribution in [0.15, 0.2) is 0 Å². The maximum absolute atomic E-state index is 9.86. The largest absolute Gasteiger partial charge is 0.479 e. The van der Waals surface area contributed by atoms with Crippen molar-refractivity contribution in [3.05, 3.63) is 0 Å². The van der Waals surface area contributed by atoms with Gasteiger partial charge in [-0.05, 0) is 18.6 Å². The Morgan fingerprint density at radius 1 is 0.929 bits per heavy atom. The predicted octanol–water partition coefficient (Wildman–Crippen LogP) is 4.29. The van der Waals surface area contributed by atoms with Gasteiger partial charge < -0.3 is 24.8 Å². The number of unbranched alkanes of at least 4 members (excludes halogenated alkanes) is 12. The van der Waals surface area contributed by atoms with Crippen molar-refractivity contribution in [3.63, 3.8) is 0 Å². The molecule has 3 N–H and O–H groups in total. The molecule has 1 saturated heterocycles. The summed E-state index contributed by atoms with van der Waals surface area (Å²) in [4.78, 5) is 0. The van der Waals surface area contributed by atoms with E-state index < -0.39 is 24.4 Å². The van der Waals surface area contributed by atoms with E-state index >= 15 is 0 Å². The minimum Gasteiger partial charge on any atom is -0.479 e. The Hall–Kier alpha value is -0.270. The summed E-state index contributed by atoms with van der Waals surface area (Å²) in [6.45, 7) is 2.01. The van der Waals surface area contributed by atoms with E-state index in [2.05, 4.69) is 6.92 Å². The van der Waals surface area contributed by atoms with Crippen molar-refractivity contribution < 1.29 is 24.8 Å². The third-order valence-corrected chi connectivity index (χ3v) is 5.80. The molecule has 0 radical (unpaired) electrons. The fourth-order valence-electron chi connectivity index (χ4n) is 3.68. The molecular formula is C22H42O5S. The molecule has 0 spiro atoms. The second kappa shape index (κ2) is 16.5. The van der Waals surface area contributed by atoms with Crippen molar-refractivity contribution in [2.45, 2.75) is 121 Å². The summed E-state index contributed by atoms with van der Waals surface area (Å²) in [5, 5.41) is 29.3. The lowest BCUT2D eigenvalue weighted by atomic mass is 10.0. The highest BCUT2D eigenvalue weighted by Gasteiger charge is 2.41. The van der Waals surface area contributed by atoms with Crippen LogP contribution in [-0.4, -0.2) is 58.0 Å². The summed E-state index contributed by atoms with van der Waals surface area (Å²) < 4.78 is 10.9. The molecule has 0 aromatic carbocycles. The van der Waals surface area contributed by atoms with E-state index in [1.165, 1.54) is 70.6 Å². The van der Waals surface area contributed by atoms with Gasteiger partial charge >= 0.3 is 0 Å². The summed E-state index contributed by atoms with van der Waals surface area (Å²) in [5.74, 6) is 0. The minimum atomic E-state index is -1.05. The first kappa shape index (κ1) is 25.8. The highest BCUT2D eigenvalue weighted by atomic mass is 32.1. The zero-order valence-corrected chi connectivity index (χ0v) is 18.5. The topological polar surface area (TPSA) is 79.2 Å². The molecule has 1 aliphatic heterocycles. The van der Waals surface area contributed by atoms with Gasteiger partial charge in [0.25, 0.3) is 0 Å². The predicted molar refractivity (Wildman–Crippen MR) is 117 cm³/mol. The van der Waals surface area contributed by atoms with Gasteiger partial charge in [0.15, 0.2) is 11.2 Å². The van der Waals surface area contributed by atoms with Crippen molar-refractivity contribution in [3.8, 4) is 0 Å². The molecule has 1 aliphatic rings. The summed E-state index contributed by atoms with van der Waals surface area (Å²) >= 11 is 5.25. The van der Waals surface area contributed by atoms with Crippen LogP contribution in [0.3, 0.4) is 0 Å². The van der Waals surface area contributed by atoms with Crippen molar-refractivity contribution in [2.24, 2.45) is 0 Å². The Kier molecular flexibility index (Phi) is 15.2. The summed E-state index contributed by atoms with van der Waals surface area (Å²) in [6.07, 6.45) is 14.2. The highest BCUT2D eigenvalue weighted by Crippen LogP contribution is 2.20. The minimum absolute atomic E-state index is 0.0529. The molecule has 1 heterocycles. The van der Waals surface area contributed by atoms with E-state index in [1.807, 2.05) is 0 Å². The first-order chi connectivity index (χ1) is 13.6. The lowest BCUT2D eigenvalue weighted by Crippen LogP contribution is -2.42. The highest BCUT2D eigenvalue weighted by molar-refractivity contribution is 7.80. The van der Waals surface area contributed by atoms with Crippen LogP contribution >= 0.6 is 12.2 Å². The number of aliphatic hydroxyl groups is 3. The van der Waals surface area contributed by atoms with Crippen LogP contribution in [-0.2, 0) is 9.47 Å². The number of ether oxygens (including phenoxy) is 2. The van der Waals surface area contributed by atoms with Crippen LogP contribution in [0.1, 0.15) is 96.8 Å². The number of thiocarbonyl (C=S) groups is 1. The van der Waals surface area contributed by atoms with Gasteiger partial charge in [-0.2, -0.15) is 0 Å². The Morgan fingerprint density at radius 3 is 1.86 bits per heavy atom. The molecule has 166 valence electrons. The van der Waals surface area contributed by atoms with E-state index in [9.17, 15) is 15.3 Å². The smallest absolute Gasteiger partial charge is 0.160 e. The lowest BCUT2D eigenvalue weighted by molar-refractivity contribution is -0.0621. The van der Waals surface area contributed by atoms with E-state index in [1.54, 1.807) is 0 Å². The average Bonchev–Trinajstić information content (AvgIpc) is 3.02. The standard InChI is InChI=1S/C22H42O5S/c1-2-3-4-5-6-7-8-9-10-11-12-13-14-15-20(28)27-19(16-23)22-21(25)18(24)17-26-22/h18-19,21-25H,2-17H2,1H3/t18-,19+,21-,22-/m1/s1. The molecule has 0 aromatic rings. The van der Waals surface area contributed by atoms with Gasteiger partial charge in [-0.25, -0.2) is 0 Å². The maximum Gasteiger partial charge on any atom is 0.160 e. The van der Waals surface area contributed by atoms with E-state index in [0.717, 1.165) is 12.8 Å². The van der Waals surface area contributed by atoms with Gasteiger partial charge in [0.2, 0.25) is 0 Å². The van der Waals surface area contributed by atoms with Crippen LogP contribution in [0.4, 0.5) is 0 Å². The van der Waals surface area contributed by atoms with Crippen molar-refractivity contribution >= 4 is 17.3 Å². The number of hydrogen-bond donors (Lipinski definition) is 3. The van der Waals surface area contributed by atoms with Crippen molar-refractivity contribution in [2.75, 3.05) is 13.2 Å². The second-order valence-electron chi connectivity index (χ2n) is 8.06. The van der Waals surface area contributed by atoms with Crippen LogP contribution < -0.4 is 0 Å². The zero-order valence-electron chi connectivity index (χ0n) is 17.7. The molecular weight excluding hydrogens is 376 g/mol. The molecule has 28 heavy (non-hydrogen) atoms. The van der Waals surface area contributed by atoms with Crippen molar-refractivity contribution in [1.82, 2.24) is 0 Å². The van der Waals surface area contributed by atoms with Gasteiger partial charge in [-0.15, -0.1) is 0 Å². The first-order valence-corrected chi connectivity index (χ1v) is 11.8. The fraction of sp³-hybridized carbons (Fsp3) is 0.955. The Labute approximate surface area is 176 Å². The molecule has 5 nitrogen and oxygen atoms in total. The average molecular weight is 419 g/mol. The number of aliphatic hydroxyl groups excluding tert-OH is 3. The molecule has 0 bridgehead atoms. The summed E-state index contributed by atoms with van der Waals surface area (Å²) in [7, 11) is 0. The lowest BCUT2D eigenvalue weighted by Gasteiger charge is -2.25. The van der Waals surface area contributed by atoms with Gasteiger partial charge in [0.1, 0.15) is 18.3 Å². The maximum atomic E-state index is 9.86. The van der Waals surface area contributed by atoms with E-state index in [-0.39, 0.29) is 13.2 Å². The summed E-state index contributed by atoms with van der Waals surface area (Å²) in [5.41, 5.74) is 0. The van der Waals surface area contributed by atoms with E-state index in [0.29, 0.717) is 11.5 Å². The fourth-order valence-corrected chi connectivity index (χ4v) is 3.94. The SMILES string of the molecule is CCCCCCCCCCCCCCCC(=S)O[C@@H](CO)[C@H]1OC[C@@H](O)[C@H]1O. The number of hydrogen-bond acceptors (Lipinski definition) is 6. The van der Waals surface area contributed by atoms with Crippen LogP contribution in [0.25, 0.3) is 0 Å². The second-order valence-corrected chi connectivity index (χ2v) is 8.51. The zero-order chi connectivity index (χ0) is 20.6. The Morgan fingerprint density at radius 2 is 1.43 bits per heavy atom. The molecule has 1 fully saturated rings.